The van der Waals surface area contributed by atoms with Gasteiger partial charge in [-0.05, 0) is 30.2 Å². The highest BCUT2D eigenvalue weighted by molar-refractivity contribution is 5.95. The van der Waals surface area contributed by atoms with Crippen LogP contribution in [0.2, 0.25) is 0 Å². The summed E-state index contributed by atoms with van der Waals surface area (Å²) >= 11 is 0. The fourth-order valence-electron chi connectivity index (χ4n) is 3.31. The van der Waals surface area contributed by atoms with Crippen LogP contribution in [0, 0.1) is 0 Å². The number of amides is 3. The Labute approximate surface area is 159 Å². The number of urea groups is 1. The molecule has 1 atom stereocenters. The number of benzene rings is 2. The Balaban J connectivity index is 1.67. The van der Waals surface area contributed by atoms with Gasteiger partial charge in [-0.2, -0.15) is 0 Å². The molecule has 0 radical (unpaired) electrons. The van der Waals surface area contributed by atoms with Crippen LogP contribution >= 0.6 is 0 Å². The third kappa shape index (κ3) is 4.58. The van der Waals surface area contributed by atoms with Crippen molar-refractivity contribution >= 4 is 17.6 Å². The van der Waals surface area contributed by atoms with Crippen molar-refractivity contribution in [3.05, 3.63) is 48.5 Å². The molecule has 6 heteroatoms. The van der Waals surface area contributed by atoms with E-state index in [1.807, 2.05) is 55.5 Å². The molecule has 3 rings (SSSR count). The zero-order valence-electron chi connectivity index (χ0n) is 15.7. The van der Waals surface area contributed by atoms with E-state index < -0.39 is 0 Å². The minimum atomic E-state index is -0.299. The number of anilines is 1. The van der Waals surface area contributed by atoms with Crippen LogP contribution in [0.1, 0.15) is 19.8 Å². The zero-order valence-corrected chi connectivity index (χ0v) is 15.7. The van der Waals surface area contributed by atoms with Gasteiger partial charge in [-0.3, -0.25) is 4.79 Å². The molecule has 1 aliphatic rings. The smallest absolute Gasteiger partial charge is 0.319 e. The molecule has 142 valence electrons. The van der Waals surface area contributed by atoms with Gasteiger partial charge in [0.15, 0.2) is 0 Å². The second kappa shape index (κ2) is 8.58. The highest BCUT2D eigenvalue weighted by atomic mass is 16.5. The number of ether oxygens (including phenoxy) is 1. The summed E-state index contributed by atoms with van der Waals surface area (Å²) in [4.78, 5) is 26.2. The molecule has 0 bridgehead atoms. The van der Waals surface area contributed by atoms with E-state index in [0.29, 0.717) is 13.0 Å². The number of hydrogen-bond donors (Lipinski definition) is 2. The Hall–Kier alpha value is -3.02. The minimum absolute atomic E-state index is 0.0979. The predicted octanol–water partition coefficient (Wildman–Crippen LogP) is 3.49. The lowest BCUT2D eigenvalue weighted by atomic mass is 10.0. The monoisotopic (exact) mass is 367 g/mol. The summed E-state index contributed by atoms with van der Waals surface area (Å²) in [7, 11) is 1.63. The lowest BCUT2D eigenvalue weighted by molar-refractivity contribution is -0.127. The Morgan fingerprint density at radius 3 is 2.63 bits per heavy atom. The molecule has 0 spiro atoms. The summed E-state index contributed by atoms with van der Waals surface area (Å²) in [5.41, 5.74) is 2.62. The van der Waals surface area contributed by atoms with Gasteiger partial charge in [0.1, 0.15) is 5.75 Å². The number of rotatable bonds is 6. The zero-order chi connectivity index (χ0) is 19.2. The molecule has 1 fully saturated rings. The number of methoxy groups -OCH3 is 1. The molecule has 6 nitrogen and oxygen atoms in total. The first kappa shape index (κ1) is 18.8. The minimum Gasteiger partial charge on any atom is -0.497 e. The van der Waals surface area contributed by atoms with Crippen LogP contribution in [0.4, 0.5) is 10.5 Å². The number of nitrogens with zero attached hydrogens (tertiary/aromatic N) is 1. The van der Waals surface area contributed by atoms with Gasteiger partial charge >= 0.3 is 6.03 Å². The number of likely N-dealkylation sites (tertiary alicyclic amines) is 1. The van der Waals surface area contributed by atoms with E-state index in [4.69, 9.17) is 4.74 Å². The average Bonchev–Trinajstić information content (AvgIpc) is 3.01. The molecule has 0 unspecified atom stereocenters. The molecule has 2 aromatic rings. The van der Waals surface area contributed by atoms with Crippen LogP contribution in [0.5, 0.6) is 5.75 Å². The molecule has 2 N–H and O–H groups in total. The molecular formula is C21H25N3O3. The lowest BCUT2D eigenvalue weighted by Crippen LogP contribution is -2.39. The van der Waals surface area contributed by atoms with Gasteiger partial charge in [-0.1, -0.05) is 37.3 Å². The van der Waals surface area contributed by atoms with Crippen molar-refractivity contribution in [3.63, 3.8) is 0 Å². The predicted molar refractivity (Wildman–Crippen MR) is 106 cm³/mol. The van der Waals surface area contributed by atoms with Gasteiger partial charge in [-0.15, -0.1) is 0 Å². The van der Waals surface area contributed by atoms with Crippen LogP contribution in [-0.2, 0) is 4.79 Å². The van der Waals surface area contributed by atoms with Crippen molar-refractivity contribution in [1.29, 1.82) is 0 Å². The van der Waals surface area contributed by atoms with Crippen LogP contribution in [0.3, 0.4) is 0 Å². The van der Waals surface area contributed by atoms with Gasteiger partial charge in [0.2, 0.25) is 5.91 Å². The second-order valence-corrected chi connectivity index (χ2v) is 6.61. The summed E-state index contributed by atoms with van der Waals surface area (Å²) in [5.74, 6) is 0.880. The van der Waals surface area contributed by atoms with Crippen molar-refractivity contribution in [1.82, 2.24) is 10.2 Å². The average molecular weight is 367 g/mol. The van der Waals surface area contributed by atoms with E-state index in [2.05, 4.69) is 10.6 Å². The highest BCUT2D eigenvalue weighted by Crippen LogP contribution is 2.29. The maximum Gasteiger partial charge on any atom is 0.319 e. The Bertz CT molecular complexity index is 805. The van der Waals surface area contributed by atoms with Crippen LogP contribution in [0.25, 0.3) is 11.1 Å². The molecular weight excluding hydrogens is 342 g/mol. The van der Waals surface area contributed by atoms with Gasteiger partial charge in [0.25, 0.3) is 0 Å². The molecule has 27 heavy (non-hydrogen) atoms. The molecule has 0 aromatic heterocycles. The van der Waals surface area contributed by atoms with E-state index in [0.717, 1.165) is 35.5 Å². The SMILES string of the molecule is CCCN1C[C@H](NC(=O)Nc2ccccc2-c2ccc(OC)cc2)CC1=O. The van der Waals surface area contributed by atoms with E-state index in [-0.39, 0.29) is 18.0 Å². The lowest BCUT2D eigenvalue weighted by Gasteiger charge is -2.17. The van der Waals surface area contributed by atoms with E-state index >= 15 is 0 Å². The van der Waals surface area contributed by atoms with E-state index in [1.165, 1.54) is 0 Å². The van der Waals surface area contributed by atoms with Gasteiger partial charge < -0.3 is 20.3 Å². The third-order valence-corrected chi connectivity index (χ3v) is 4.62. The van der Waals surface area contributed by atoms with E-state index in [9.17, 15) is 9.59 Å². The maximum atomic E-state index is 12.5. The second-order valence-electron chi connectivity index (χ2n) is 6.61. The standard InChI is InChI=1S/C21H25N3O3/c1-3-12-24-14-16(13-20(24)25)22-21(26)23-19-7-5-4-6-18(19)15-8-10-17(27-2)11-9-15/h4-11,16H,3,12-14H2,1-2H3,(H2,22,23,26)/t16-/m1/s1. The number of carbonyl (C=O) groups is 2. The molecule has 2 aromatic carbocycles. The quantitative estimate of drug-likeness (QED) is 0.821. The fraction of sp³-hybridized carbons (Fsp3) is 0.333. The van der Waals surface area contributed by atoms with Crippen molar-refractivity contribution in [2.75, 3.05) is 25.5 Å². The summed E-state index contributed by atoms with van der Waals surface area (Å²) in [5, 5.41) is 5.83. The van der Waals surface area contributed by atoms with Crippen molar-refractivity contribution < 1.29 is 14.3 Å². The first-order valence-electron chi connectivity index (χ1n) is 9.19. The largest absolute Gasteiger partial charge is 0.497 e. The number of para-hydroxylation sites is 1. The van der Waals surface area contributed by atoms with Crippen LogP contribution < -0.4 is 15.4 Å². The molecule has 1 aliphatic heterocycles. The van der Waals surface area contributed by atoms with Crippen molar-refractivity contribution in [2.45, 2.75) is 25.8 Å². The maximum absolute atomic E-state index is 12.5. The topological polar surface area (TPSA) is 70.7 Å². The summed E-state index contributed by atoms with van der Waals surface area (Å²) < 4.78 is 5.20. The fourth-order valence-corrected chi connectivity index (χ4v) is 3.31. The normalized spacial score (nSPS) is 16.3. The molecule has 0 saturated carbocycles. The Morgan fingerprint density at radius 2 is 1.93 bits per heavy atom. The first-order chi connectivity index (χ1) is 13.1. The summed E-state index contributed by atoms with van der Waals surface area (Å²) in [6, 6.07) is 14.9. The molecule has 3 amide bonds. The molecule has 1 saturated heterocycles. The Morgan fingerprint density at radius 1 is 1.19 bits per heavy atom. The number of hydrogen-bond acceptors (Lipinski definition) is 3. The van der Waals surface area contributed by atoms with Crippen LogP contribution in [-0.4, -0.2) is 43.1 Å². The summed E-state index contributed by atoms with van der Waals surface area (Å²) in [6.07, 6.45) is 1.27. The summed E-state index contributed by atoms with van der Waals surface area (Å²) in [6.45, 7) is 3.34. The van der Waals surface area contributed by atoms with Gasteiger partial charge in [0.05, 0.1) is 18.8 Å². The third-order valence-electron chi connectivity index (χ3n) is 4.62. The number of nitrogens with one attached hydrogen (secondary N) is 2. The van der Waals surface area contributed by atoms with Crippen molar-refractivity contribution in [3.8, 4) is 16.9 Å². The van der Waals surface area contributed by atoms with Crippen molar-refractivity contribution in [2.24, 2.45) is 0 Å². The first-order valence-corrected chi connectivity index (χ1v) is 9.19. The number of carbonyl (C=O) groups excluding carboxylic acids is 2. The molecule has 1 heterocycles. The van der Waals surface area contributed by atoms with E-state index in [1.54, 1.807) is 12.0 Å². The molecule has 0 aliphatic carbocycles. The van der Waals surface area contributed by atoms with Gasteiger partial charge in [0, 0.05) is 25.1 Å². The van der Waals surface area contributed by atoms with Gasteiger partial charge in [-0.25, -0.2) is 4.79 Å². The highest BCUT2D eigenvalue weighted by Gasteiger charge is 2.29. The Kier molecular flexibility index (Phi) is 5.96. The van der Waals surface area contributed by atoms with Crippen LogP contribution in [0.15, 0.2) is 48.5 Å².